The fourth-order valence-corrected chi connectivity index (χ4v) is 3.71. The van der Waals surface area contributed by atoms with Crippen molar-refractivity contribution in [1.29, 1.82) is 0 Å². The molecule has 0 unspecified atom stereocenters. The molecule has 1 amide bonds. The number of nitrogens with zero attached hydrogens (tertiary/aromatic N) is 3. The number of hydrogen-bond donors (Lipinski definition) is 3. The van der Waals surface area contributed by atoms with Crippen molar-refractivity contribution in [2.75, 3.05) is 5.32 Å². The summed E-state index contributed by atoms with van der Waals surface area (Å²) < 4.78 is 1.68. The van der Waals surface area contributed by atoms with Gasteiger partial charge in [-0.05, 0) is 48.9 Å². The Morgan fingerprint density at radius 3 is 2.21 bits per heavy atom. The van der Waals surface area contributed by atoms with Crippen molar-refractivity contribution in [3.8, 4) is 11.1 Å². The van der Waals surface area contributed by atoms with Gasteiger partial charge in [0.2, 0.25) is 0 Å². The first-order chi connectivity index (χ1) is 14.7. The molecule has 0 saturated heterocycles. The number of nitrogens with one attached hydrogen (secondary N) is 1. The van der Waals surface area contributed by atoms with E-state index in [0.717, 1.165) is 45.8 Å². The predicted molar refractivity (Wildman–Crippen MR) is 139 cm³/mol. The third kappa shape index (κ3) is 6.32. The molecule has 0 atom stereocenters. The minimum absolute atomic E-state index is 0. The Morgan fingerprint density at radius 2 is 1.73 bits per heavy atom. The number of carbonyl (C=O) groups excluding carboxylic acids is 1. The number of nitrogens with two attached hydrogens (primary N) is 2. The highest BCUT2D eigenvalue weighted by atomic mass is 35.5. The average molecular weight is 493 g/mol. The van der Waals surface area contributed by atoms with Crippen molar-refractivity contribution in [2.45, 2.75) is 47.2 Å². The lowest BCUT2D eigenvalue weighted by atomic mass is 9.92. The number of carbonyl (C=O) groups is 1. The zero-order chi connectivity index (χ0) is 22.7. The minimum atomic E-state index is -0.270. The van der Waals surface area contributed by atoms with Gasteiger partial charge in [0.25, 0.3) is 5.91 Å². The first-order valence-corrected chi connectivity index (χ1v) is 10.6. The van der Waals surface area contributed by atoms with Gasteiger partial charge in [-0.2, -0.15) is 5.10 Å². The quantitative estimate of drug-likeness (QED) is 0.454. The second-order valence-corrected chi connectivity index (χ2v) is 8.32. The molecule has 9 heteroatoms. The van der Waals surface area contributed by atoms with Gasteiger partial charge in [0.1, 0.15) is 0 Å². The summed E-state index contributed by atoms with van der Waals surface area (Å²) in [5.41, 5.74) is 19.5. The molecule has 0 aliphatic rings. The monoisotopic (exact) mass is 492 g/mol. The summed E-state index contributed by atoms with van der Waals surface area (Å²) in [4.78, 5) is 17.8. The Balaban J connectivity index is 0.00000272. The number of hydrogen-bond acceptors (Lipinski definition) is 5. The van der Waals surface area contributed by atoms with E-state index in [0.29, 0.717) is 30.4 Å². The summed E-state index contributed by atoms with van der Waals surface area (Å²) in [6.45, 7) is 8.95. The summed E-state index contributed by atoms with van der Waals surface area (Å²) >= 11 is 0. The van der Waals surface area contributed by atoms with Crippen LogP contribution in [0.15, 0.2) is 30.3 Å². The summed E-state index contributed by atoms with van der Waals surface area (Å²) in [7, 11) is 1.82. The summed E-state index contributed by atoms with van der Waals surface area (Å²) in [5, 5.41) is 7.37. The molecular formula is C24H34Cl2N6O. The Kier molecular flexibility index (Phi) is 10.5. The fraction of sp³-hybridized carbons (Fsp3) is 0.375. The standard InChI is InChI=1S/C24H32N6O.2ClH/c1-14(2)10-20-19(13-26)22(18-8-6-17(12-25)7-9-18)23(16(4)27-20)28-24(31)21-11-15(3)30(5)29-21;;/h6-9,11,14H,10,12-13,25-26H2,1-5H3,(H,28,31);2*1H. The van der Waals surface area contributed by atoms with E-state index < -0.39 is 0 Å². The summed E-state index contributed by atoms with van der Waals surface area (Å²) in [6.07, 6.45) is 0.814. The molecule has 2 aromatic heterocycles. The number of halogens is 2. The van der Waals surface area contributed by atoms with Crippen LogP contribution in [-0.4, -0.2) is 20.7 Å². The molecule has 0 aliphatic heterocycles. The minimum Gasteiger partial charge on any atom is -0.326 e. The highest BCUT2D eigenvalue weighted by Gasteiger charge is 2.22. The maximum Gasteiger partial charge on any atom is 0.276 e. The molecule has 0 spiro atoms. The molecule has 0 radical (unpaired) electrons. The van der Waals surface area contributed by atoms with Crippen molar-refractivity contribution < 1.29 is 4.79 Å². The Labute approximate surface area is 208 Å². The molecule has 7 nitrogen and oxygen atoms in total. The van der Waals surface area contributed by atoms with Gasteiger partial charge in [-0.15, -0.1) is 24.8 Å². The zero-order valence-electron chi connectivity index (χ0n) is 19.8. The van der Waals surface area contributed by atoms with Crippen LogP contribution in [0.5, 0.6) is 0 Å². The molecular weight excluding hydrogens is 459 g/mol. The van der Waals surface area contributed by atoms with Gasteiger partial charge in [0.05, 0.1) is 11.4 Å². The van der Waals surface area contributed by atoms with Crippen molar-refractivity contribution in [1.82, 2.24) is 14.8 Å². The maximum absolute atomic E-state index is 13.0. The highest BCUT2D eigenvalue weighted by Crippen LogP contribution is 2.36. The molecule has 0 saturated carbocycles. The normalized spacial score (nSPS) is 10.5. The second kappa shape index (κ2) is 12.1. The molecule has 2 heterocycles. The molecule has 33 heavy (non-hydrogen) atoms. The van der Waals surface area contributed by atoms with E-state index in [1.165, 1.54) is 0 Å². The van der Waals surface area contributed by atoms with E-state index in [9.17, 15) is 4.79 Å². The first-order valence-electron chi connectivity index (χ1n) is 10.6. The SMILES string of the molecule is Cc1nc(CC(C)C)c(CN)c(-c2ccc(CN)cc2)c1NC(=O)c1cc(C)n(C)n1.Cl.Cl. The van der Waals surface area contributed by atoms with Crippen molar-refractivity contribution in [3.63, 3.8) is 0 Å². The topological polar surface area (TPSA) is 112 Å². The van der Waals surface area contributed by atoms with Gasteiger partial charge in [-0.25, -0.2) is 0 Å². The summed E-state index contributed by atoms with van der Waals surface area (Å²) in [6, 6.07) is 9.82. The largest absolute Gasteiger partial charge is 0.326 e. The van der Waals surface area contributed by atoms with Crippen LogP contribution >= 0.6 is 24.8 Å². The molecule has 3 rings (SSSR count). The average Bonchev–Trinajstić information content (AvgIpc) is 3.07. The van der Waals surface area contributed by atoms with E-state index in [2.05, 4.69) is 24.3 Å². The van der Waals surface area contributed by atoms with Gasteiger partial charge in [0.15, 0.2) is 5.69 Å². The maximum atomic E-state index is 13.0. The number of benzene rings is 1. The number of pyridine rings is 1. The molecule has 0 aliphatic carbocycles. The van der Waals surface area contributed by atoms with Gasteiger partial charge in [0, 0.05) is 37.1 Å². The first kappa shape index (κ1) is 28.6. The van der Waals surface area contributed by atoms with Crippen molar-refractivity contribution in [2.24, 2.45) is 24.4 Å². The van der Waals surface area contributed by atoms with Crippen LogP contribution in [0.2, 0.25) is 0 Å². The molecule has 0 fully saturated rings. The van der Waals surface area contributed by atoms with Crippen LogP contribution in [-0.2, 0) is 26.6 Å². The smallest absolute Gasteiger partial charge is 0.276 e. The highest BCUT2D eigenvalue weighted by molar-refractivity contribution is 6.06. The van der Waals surface area contributed by atoms with Crippen LogP contribution in [0, 0.1) is 19.8 Å². The molecule has 5 N–H and O–H groups in total. The number of anilines is 1. The van der Waals surface area contributed by atoms with Crippen LogP contribution in [0.1, 0.15) is 52.5 Å². The predicted octanol–water partition coefficient (Wildman–Crippen LogP) is 4.31. The van der Waals surface area contributed by atoms with E-state index in [1.54, 1.807) is 10.7 Å². The van der Waals surface area contributed by atoms with Crippen LogP contribution in [0.25, 0.3) is 11.1 Å². The summed E-state index contributed by atoms with van der Waals surface area (Å²) in [5.74, 6) is 0.162. The van der Waals surface area contributed by atoms with Crippen LogP contribution in [0.3, 0.4) is 0 Å². The number of aromatic nitrogens is 3. The fourth-order valence-electron chi connectivity index (χ4n) is 3.71. The Hall–Kier alpha value is -2.45. The van der Waals surface area contributed by atoms with Crippen LogP contribution < -0.4 is 16.8 Å². The van der Waals surface area contributed by atoms with Gasteiger partial charge < -0.3 is 16.8 Å². The zero-order valence-corrected chi connectivity index (χ0v) is 21.4. The lowest BCUT2D eigenvalue weighted by Crippen LogP contribution is -2.18. The van der Waals surface area contributed by atoms with Crippen molar-refractivity contribution in [3.05, 3.63) is 64.2 Å². The van der Waals surface area contributed by atoms with Gasteiger partial charge in [-0.1, -0.05) is 38.1 Å². The lowest BCUT2D eigenvalue weighted by Gasteiger charge is -2.21. The van der Waals surface area contributed by atoms with Crippen LogP contribution in [0.4, 0.5) is 5.69 Å². The third-order valence-corrected chi connectivity index (χ3v) is 5.43. The molecule has 3 aromatic rings. The third-order valence-electron chi connectivity index (χ3n) is 5.43. The number of aryl methyl sites for hydroxylation is 3. The second-order valence-electron chi connectivity index (χ2n) is 8.32. The van der Waals surface area contributed by atoms with E-state index in [-0.39, 0.29) is 30.7 Å². The Bertz CT molecular complexity index is 1070. The Morgan fingerprint density at radius 1 is 1.09 bits per heavy atom. The van der Waals surface area contributed by atoms with E-state index >= 15 is 0 Å². The molecule has 1 aromatic carbocycles. The van der Waals surface area contributed by atoms with Gasteiger partial charge >= 0.3 is 0 Å². The molecule has 0 bridgehead atoms. The number of rotatable bonds is 7. The molecule has 180 valence electrons. The lowest BCUT2D eigenvalue weighted by molar-refractivity contribution is 0.102. The van der Waals surface area contributed by atoms with E-state index in [1.807, 2.05) is 45.2 Å². The van der Waals surface area contributed by atoms with E-state index in [4.69, 9.17) is 16.5 Å². The van der Waals surface area contributed by atoms with Gasteiger partial charge in [-0.3, -0.25) is 14.5 Å². The van der Waals surface area contributed by atoms with Crippen molar-refractivity contribution >= 4 is 36.4 Å². The number of amides is 1.